The number of carbonyl (C=O) groups is 4. The maximum atomic E-state index is 13.9. The van der Waals surface area contributed by atoms with E-state index < -0.39 is 29.4 Å². The highest BCUT2D eigenvalue weighted by Crippen LogP contribution is 2.42. The molecule has 54 heavy (non-hydrogen) atoms. The minimum absolute atomic E-state index is 0.0698. The molecule has 3 amide bonds. The first kappa shape index (κ1) is 39.8. The van der Waals surface area contributed by atoms with Gasteiger partial charge in [0.2, 0.25) is 17.6 Å². The minimum Gasteiger partial charge on any atom is -0.493 e. The Morgan fingerprint density at radius 2 is 1.57 bits per heavy atom. The Morgan fingerprint density at radius 3 is 2.15 bits per heavy atom. The molecule has 0 saturated heterocycles. The molecular weight excluding hydrogens is 714 g/mol. The van der Waals surface area contributed by atoms with Gasteiger partial charge in [0.25, 0.3) is 5.91 Å². The number of ether oxygens (including phenoxy) is 3. The Labute approximate surface area is 319 Å². The first-order chi connectivity index (χ1) is 25.4. The Morgan fingerprint density at radius 1 is 0.907 bits per heavy atom. The molecule has 286 valence electrons. The van der Waals surface area contributed by atoms with Gasteiger partial charge in [-0.2, -0.15) is 0 Å². The Hall–Kier alpha value is -5.43. The van der Waals surface area contributed by atoms with Crippen molar-refractivity contribution in [2.45, 2.75) is 66.9 Å². The number of hydrogen-bond donors (Lipinski definition) is 0. The number of benzene rings is 2. The van der Waals surface area contributed by atoms with Crippen molar-refractivity contribution in [1.29, 1.82) is 0 Å². The number of rotatable bonds is 10. The van der Waals surface area contributed by atoms with Crippen molar-refractivity contribution >= 4 is 63.1 Å². The van der Waals surface area contributed by atoms with E-state index in [9.17, 15) is 19.2 Å². The van der Waals surface area contributed by atoms with Gasteiger partial charge in [-0.05, 0) is 62.2 Å². The van der Waals surface area contributed by atoms with E-state index in [0.29, 0.717) is 60.8 Å². The second-order valence-electron chi connectivity index (χ2n) is 14.8. The molecule has 14 heteroatoms. The molecule has 0 radical (unpaired) electrons. The van der Waals surface area contributed by atoms with Crippen LogP contribution in [-0.2, 0) is 27.2 Å². The maximum Gasteiger partial charge on any atom is 0.419 e. The predicted octanol–water partition coefficient (Wildman–Crippen LogP) is 7.69. The number of amides is 3. The van der Waals surface area contributed by atoms with Crippen LogP contribution in [0.3, 0.4) is 0 Å². The molecule has 5 aromatic rings. The monoisotopic (exact) mass is 759 g/mol. The lowest BCUT2D eigenvalue weighted by Gasteiger charge is -2.25. The molecule has 0 spiro atoms. The number of fused-ring (bicyclic) bond motifs is 2. The highest BCUT2D eigenvalue weighted by molar-refractivity contribution is 6.31. The van der Waals surface area contributed by atoms with Crippen LogP contribution >= 0.6 is 11.6 Å². The van der Waals surface area contributed by atoms with E-state index >= 15 is 0 Å². The summed E-state index contributed by atoms with van der Waals surface area (Å²) in [5.41, 5.74) is 1.79. The number of methoxy groups -OCH3 is 2. The van der Waals surface area contributed by atoms with Gasteiger partial charge in [-0.15, -0.1) is 0 Å². The van der Waals surface area contributed by atoms with E-state index in [0.717, 1.165) is 4.90 Å². The Kier molecular flexibility index (Phi) is 11.4. The number of nitrogens with zero attached hydrogens (tertiary/aromatic N) is 5. The van der Waals surface area contributed by atoms with Gasteiger partial charge in [0.1, 0.15) is 29.2 Å². The molecule has 0 atom stereocenters. The van der Waals surface area contributed by atoms with Gasteiger partial charge in [0, 0.05) is 66.3 Å². The number of furan rings is 1. The van der Waals surface area contributed by atoms with E-state index in [-0.39, 0.29) is 36.2 Å². The minimum atomic E-state index is -0.839. The molecule has 0 saturated carbocycles. The zero-order chi connectivity index (χ0) is 39.8. The van der Waals surface area contributed by atoms with Gasteiger partial charge in [-0.3, -0.25) is 14.4 Å². The molecule has 3 heterocycles. The van der Waals surface area contributed by atoms with Crippen molar-refractivity contribution in [2.24, 2.45) is 11.8 Å². The summed E-state index contributed by atoms with van der Waals surface area (Å²) in [5, 5.41) is 1.62. The van der Waals surface area contributed by atoms with Crippen molar-refractivity contribution in [3.05, 3.63) is 76.0 Å². The third kappa shape index (κ3) is 7.77. The van der Waals surface area contributed by atoms with Crippen LogP contribution in [0.4, 0.5) is 10.6 Å². The number of anilines is 1. The Balaban J connectivity index is 1.72. The second kappa shape index (κ2) is 15.5. The summed E-state index contributed by atoms with van der Waals surface area (Å²) in [7, 11) is 6.21. The molecule has 0 aliphatic rings. The summed E-state index contributed by atoms with van der Waals surface area (Å²) in [6.07, 6.45) is 2.41. The van der Waals surface area contributed by atoms with Crippen molar-refractivity contribution in [2.75, 3.05) is 33.2 Å². The number of carbonyl (C=O) groups excluding carboxylic acids is 4. The van der Waals surface area contributed by atoms with Gasteiger partial charge in [-0.1, -0.05) is 39.3 Å². The molecule has 5 rings (SSSR count). The van der Waals surface area contributed by atoms with Crippen LogP contribution in [-0.4, -0.2) is 77.2 Å². The van der Waals surface area contributed by atoms with Crippen LogP contribution < -0.4 is 14.4 Å². The van der Waals surface area contributed by atoms with Gasteiger partial charge in [0.05, 0.1) is 19.7 Å². The SMILES string of the molecule is COc1cc(Cc2cncnc2N(C(=O)C(C)C)C(=O)C(C)C)c2cc(Cc3c(C(=O)N(C)C)n(C(=O)OC(C)(C)C)c4ccc(Cl)cc34)oc2c1OC. The quantitative estimate of drug-likeness (QED) is 0.139. The van der Waals surface area contributed by atoms with E-state index in [2.05, 4.69) is 9.97 Å². The summed E-state index contributed by atoms with van der Waals surface area (Å²) in [6, 6.07) is 8.66. The van der Waals surface area contributed by atoms with Crippen molar-refractivity contribution in [3.8, 4) is 11.5 Å². The number of aromatic nitrogens is 3. The lowest BCUT2D eigenvalue weighted by atomic mass is 10.00. The lowest BCUT2D eigenvalue weighted by molar-refractivity contribution is -0.129. The molecule has 13 nitrogen and oxygen atoms in total. The third-order valence-electron chi connectivity index (χ3n) is 8.64. The molecule has 0 aliphatic carbocycles. The normalized spacial score (nSPS) is 11.7. The molecule has 0 fully saturated rings. The van der Waals surface area contributed by atoms with E-state index in [1.807, 2.05) is 6.07 Å². The van der Waals surface area contributed by atoms with Gasteiger partial charge in [-0.25, -0.2) is 24.2 Å². The van der Waals surface area contributed by atoms with Crippen LogP contribution in [0, 0.1) is 11.8 Å². The first-order valence-corrected chi connectivity index (χ1v) is 17.9. The summed E-state index contributed by atoms with van der Waals surface area (Å²) < 4.78 is 25.1. The fourth-order valence-corrected chi connectivity index (χ4v) is 6.34. The molecule has 0 aliphatic heterocycles. The van der Waals surface area contributed by atoms with Crippen LogP contribution in [0.25, 0.3) is 21.9 Å². The molecule has 0 N–H and O–H groups in total. The average Bonchev–Trinajstić information content (AvgIpc) is 3.66. The van der Waals surface area contributed by atoms with Crippen LogP contribution in [0.1, 0.15) is 81.4 Å². The average molecular weight is 760 g/mol. The van der Waals surface area contributed by atoms with Gasteiger partial charge >= 0.3 is 6.09 Å². The zero-order valence-corrected chi connectivity index (χ0v) is 33.2. The molecule has 3 aromatic heterocycles. The topological polar surface area (TPSA) is 146 Å². The van der Waals surface area contributed by atoms with Crippen molar-refractivity contribution in [3.63, 3.8) is 0 Å². The molecular formula is C40H46ClN5O8. The molecule has 2 aromatic carbocycles. The van der Waals surface area contributed by atoms with E-state index in [4.69, 9.17) is 30.2 Å². The van der Waals surface area contributed by atoms with Crippen molar-refractivity contribution in [1.82, 2.24) is 19.4 Å². The first-order valence-electron chi connectivity index (χ1n) is 17.5. The fourth-order valence-electron chi connectivity index (χ4n) is 6.17. The highest BCUT2D eigenvalue weighted by Gasteiger charge is 2.33. The second-order valence-corrected chi connectivity index (χ2v) is 15.2. The maximum absolute atomic E-state index is 13.9. The Bertz CT molecular complexity index is 2240. The summed E-state index contributed by atoms with van der Waals surface area (Å²) in [5.74, 6) is -0.798. The molecule has 0 bridgehead atoms. The van der Waals surface area contributed by atoms with Gasteiger partial charge in [0.15, 0.2) is 11.3 Å². The summed E-state index contributed by atoms with van der Waals surface area (Å²) >= 11 is 6.50. The van der Waals surface area contributed by atoms with E-state index in [1.165, 1.54) is 30.0 Å². The van der Waals surface area contributed by atoms with Crippen LogP contribution in [0.2, 0.25) is 5.02 Å². The standard InChI is InChI=1S/C40H46ClN5O8/c1-21(2)36(47)46(37(48)22(3)4)35-24(19-42-20-43-35)14-23-15-31(51-10)34(52-11)33-27(23)17-26(53-33)18-29-28-16-25(41)12-13-30(28)45(32(29)38(49)44(8)9)39(50)54-40(5,6)7/h12-13,15-17,19-22H,14,18H2,1-11H3. The van der Waals surface area contributed by atoms with E-state index in [1.54, 1.807) is 93.0 Å². The summed E-state index contributed by atoms with van der Waals surface area (Å²) in [4.78, 5) is 65.7. The van der Waals surface area contributed by atoms with Gasteiger partial charge < -0.3 is 23.5 Å². The van der Waals surface area contributed by atoms with Crippen molar-refractivity contribution < 1.29 is 37.8 Å². The van der Waals surface area contributed by atoms with Crippen LogP contribution in [0.15, 0.2) is 47.3 Å². The lowest BCUT2D eigenvalue weighted by Crippen LogP contribution is -2.43. The summed E-state index contributed by atoms with van der Waals surface area (Å²) in [6.45, 7) is 12.2. The fraction of sp³-hybridized carbons (Fsp3) is 0.400. The van der Waals surface area contributed by atoms with Crippen LogP contribution in [0.5, 0.6) is 11.5 Å². The smallest absolute Gasteiger partial charge is 0.419 e. The largest absolute Gasteiger partial charge is 0.493 e. The highest BCUT2D eigenvalue weighted by atomic mass is 35.5. The predicted molar refractivity (Wildman–Crippen MR) is 206 cm³/mol. The zero-order valence-electron chi connectivity index (χ0n) is 32.5. The third-order valence-corrected chi connectivity index (χ3v) is 8.88. The number of imide groups is 1. The number of hydrogen-bond acceptors (Lipinski definition) is 10. The number of halogens is 1. The molecule has 0 unspecified atom stereocenters.